The van der Waals surface area contributed by atoms with Gasteiger partial charge in [-0.2, -0.15) is 0 Å². The van der Waals surface area contributed by atoms with E-state index in [1.165, 1.54) is 0 Å². The van der Waals surface area contributed by atoms with Gasteiger partial charge >= 0.3 is 0 Å². The van der Waals surface area contributed by atoms with E-state index in [9.17, 15) is 8.42 Å². The van der Waals surface area contributed by atoms with Crippen molar-refractivity contribution in [2.24, 2.45) is 0 Å². The highest BCUT2D eigenvalue weighted by atomic mass is 32.2. The molecular formula is C20H18N2O4S. The zero-order valence-corrected chi connectivity index (χ0v) is 15.2. The van der Waals surface area contributed by atoms with Gasteiger partial charge in [-0.25, -0.2) is 8.42 Å². The fraction of sp³-hybridized carbons (Fsp3) is 0.100. The maximum absolute atomic E-state index is 12.3. The average molecular weight is 382 g/mol. The SMILES string of the molecule is O=S(=O)(Nc1ccc(NCc2ccc3c(c2)OCO3)cc1)c1ccccc1. The highest BCUT2D eigenvalue weighted by Crippen LogP contribution is 2.32. The van der Waals surface area contributed by atoms with Crippen LogP contribution in [0.5, 0.6) is 11.5 Å². The number of fused-ring (bicyclic) bond motifs is 1. The van der Waals surface area contributed by atoms with Crippen molar-refractivity contribution >= 4 is 21.4 Å². The summed E-state index contributed by atoms with van der Waals surface area (Å²) in [6, 6.07) is 21.2. The van der Waals surface area contributed by atoms with Crippen LogP contribution in [0, 0.1) is 0 Å². The Hall–Kier alpha value is -3.19. The maximum Gasteiger partial charge on any atom is 0.261 e. The average Bonchev–Trinajstić information content (AvgIpc) is 3.16. The summed E-state index contributed by atoms with van der Waals surface area (Å²) in [7, 11) is -3.58. The van der Waals surface area contributed by atoms with E-state index < -0.39 is 10.0 Å². The second-order valence-electron chi connectivity index (χ2n) is 6.04. The summed E-state index contributed by atoms with van der Waals surface area (Å²) >= 11 is 0. The topological polar surface area (TPSA) is 76.7 Å². The largest absolute Gasteiger partial charge is 0.454 e. The number of sulfonamides is 1. The fourth-order valence-corrected chi connectivity index (χ4v) is 3.80. The van der Waals surface area contributed by atoms with Crippen LogP contribution in [-0.2, 0) is 16.6 Å². The highest BCUT2D eigenvalue weighted by Gasteiger charge is 2.14. The van der Waals surface area contributed by atoms with E-state index in [1.54, 1.807) is 42.5 Å². The zero-order chi connectivity index (χ0) is 18.7. The van der Waals surface area contributed by atoms with E-state index >= 15 is 0 Å². The number of nitrogens with one attached hydrogen (secondary N) is 2. The lowest BCUT2D eigenvalue weighted by atomic mass is 10.2. The quantitative estimate of drug-likeness (QED) is 0.678. The summed E-state index contributed by atoms with van der Waals surface area (Å²) < 4.78 is 37.9. The standard InChI is InChI=1S/C20H18N2O4S/c23-27(24,18-4-2-1-3-5-18)22-17-9-7-16(8-10-17)21-13-15-6-11-19-20(12-15)26-14-25-19/h1-12,21-22H,13-14H2. The third-order valence-corrected chi connectivity index (χ3v) is 5.52. The third-order valence-electron chi connectivity index (χ3n) is 4.12. The van der Waals surface area contributed by atoms with Gasteiger partial charge < -0.3 is 14.8 Å². The molecule has 1 heterocycles. The van der Waals surface area contributed by atoms with Crippen LogP contribution in [-0.4, -0.2) is 15.2 Å². The molecule has 6 nitrogen and oxygen atoms in total. The second-order valence-corrected chi connectivity index (χ2v) is 7.72. The molecule has 0 bridgehead atoms. The summed E-state index contributed by atoms with van der Waals surface area (Å²) in [5, 5.41) is 3.30. The van der Waals surface area contributed by atoms with Crippen LogP contribution >= 0.6 is 0 Å². The van der Waals surface area contributed by atoms with Gasteiger partial charge in [-0.1, -0.05) is 24.3 Å². The van der Waals surface area contributed by atoms with Gasteiger partial charge in [-0.05, 0) is 54.1 Å². The monoisotopic (exact) mass is 382 g/mol. The summed E-state index contributed by atoms with van der Waals surface area (Å²) in [4.78, 5) is 0.231. The molecule has 0 aromatic heterocycles. The Bertz CT molecular complexity index is 1040. The molecule has 0 saturated carbocycles. The number of ether oxygens (including phenoxy) is 2. The van der Waals surface area contributed by atoms with Crippen molar-refractivity contribution in [3.05, 3.63) is 78.4 Å². The maximum atomic E-state index is 12.3. The molecule has 7 heteroatoms. The third kappa shape index (κ3) is 3.98. The van der Waals surface area contributed by atoms with Gasteiger partial charge in [-0.3, -0.25) is 4.72 Å². The van der Waals surface area contributed by atoms with Gasteiger partial charge in [0.05, 0.1) is 4.90 Å². The molecule has 0 fully saturated rings. The van der Waals surface area contributed by atoms with Crippen molar-refractivity contribution in [1.29, 1.82) is 0 Å². The fourth-order valence-electron chi connectivity index (χ4n) is 2.72. The van der Waals surface area contributed by atoms with E-state index in [0.29, 0.717) is 12.2 Å². The molecule has 3 aromatic rings. The van der Waals surface area contributed by atoms with Gasteiger partial charge in [0.15, 0.2) is 11.5 Å². The minimum atomic E-state index is -3.58. The lowest BCUT2D eigenvalue weighted by molar-refractivity contribution is 0.174. The smallest absolute Gasteiger partial charge is 0.261 e. The Kier molecular flexibility index (Phi) is 4.60. The summed E-state index contributed by atoms with van der Waals surface area (Å²) in [6.45, 7) is 0.873. The van der Waals surface area contributed by atoms with Gasteiger partial charge in [0, 0.05) is 17.9 Å². The molecule has 0 unspecified atom stereocenters. The molecule has 0 aliphatic carbocycles. The number of anilines is 2. The first-order valence-electron chi connectivity index (χ1n) is 8.40. The molecule has 1 aliphatic rings. The molecule has 0 atom stereocenters. The Morgan fingerprint density at radius 1 is 0.815 bits per heavy atom. The summed E-state index contributed by atoms with van der Waals surface area (Å²) in [5.41, 5.74) is 2.45. The van der Waals surface area contributed by atoms with Gasteiger partial charge in [-0.15, -0.1) is 0 Å². The van der Waals surface area contributed by atoms with Crippen LogP contribution in [0.15, 0.2) is 77.7 Å². The first kappa shape index (κ1) is 17.2. The Labute approximate surface area is 157 Å². The van der Waals surface area contributed by atoms with Crippen LogP contribution in [0.1, 0.15) is 5.56 Å². The normalized spacial score (nSPS) is 12.6. The number of hydrogen-bond donors (Lipinski definition) is 2. The van der Waals surface area contributed by atoms with Crippen molar-refractivity contribution in [3.63, 3.8) is 0 Å². The van der Waals surface area contributed by atoms with E-state index in [0.717, 1.165) is 22.7 Å². The van der Waals surface area contributed by atoms with E-state index in [2.05, 4.69) is 10.0 Å². The molecule has 3 aromatic carbocycles. The molecular weight excluding hydrogens is 364 g/mol. The molecule has 138 valence electrons. The van der Waals surface area contributed by atoms with Crippen molar-refractivity contribution in [1.82, 2.24) is 0 Å². The van der Waals surface area contributed by atoms with Crippen LogP contribution in [0.3, 0.4) is 0 Å². The zero-order valence-electron chi connectivity index (χ0n) is 14.4. The minimum Gasteiger partial charge on any atom is -0.454 e. The van der Waals surface area contributed by atoms with Crippen molar-refractivity contribution < 1.29 is 17.9 Å². The molecule has 0 radical (unpaired) electrons. The summed E-state index contributed by atoms with van der Waals surface area (Å²) in [5.74, 6) is 1.51. The molecule has 1 aliphatic heterocycles. The van der Waals surface area contributed by atoms with Crippen LogP contribution in [0.4, 0.5) is 11.4 Å². The van der Waals surface area contributed by atoms with Gasteiger partial charge in [0.2, 0.25) is 6.79 Å². The lowest BCUT2D eigenvalue weighted by Crippen LogP contribution is -2.12. The van der Waals surface area contributed by atoms with E-state index in [-0.39, 0.29) is 11.7 Å². The molecule has 27 heavy (non-hydrogen) atoms. The predicted molar refractivity (Wildman–Crippen MR) is 104 cm³/mol. The Balaban J connectivity index is 1.39. The number of hydrogen-bond acceptors (Lipinski definition) is 5. The molecule has 0 spiro atoms. The van der Waals surface area contributed by atoms with Crippen molar-refractivity contribution in [3.8, 4) is 11.5 Å². The van der Waals surface area contributed by atoms with E-state index in [4.69, 9.17) is 9.47 Å². The van der Waals surface area contributed by atoms with Crippen LogP contribution in [0.25, 0.3) is 0 Å². The molecule has 0 amide bonds. The number of benzene rings is 3. The highest BCUT2D eigenvalue weighted by molar-refractivity contribution is 7.92. The molecule has 4 rings (SSSR count). The first-order chi connectivity index (χ1) is 13.1. The predicted octanol–water partition coefficient (Wildman–Crippen LogP) is 3.83. The Morgan fingerprint density at radius 2 is 1.52 bits per heavy atom. The van der Waals surface area contributed by atoms with Crippen LogP contribution in [0.2, 0.25) is 0 Å². The Morgan fingerprint density at radius 3 is 2.30 bits per heavy atom. The molecule has 0 saturated heterocycles. The molecule has 2 N–H and O–H groups in total. The van der Waals surface area contributed by atoms with Gasteiger partial charge in [0.25, 0.3) is 10.0 Å². The first-order valence-corrected chi connectivity index (χ1v) is 9.89. The van der Waals surface area contributed by atoms with Crippen molar-refractivity contribution in [2.75, 3.05) is 16.8 Å². The number of rotatable bonds is 6. The second kappa shape index (κ2) is 7.20. The lowest BCUT2D eigenvalue weighted by Gasteiger charge is -2.10. The van der Waals surface area contributed by atoms with Gasteiger partial charge in [0.1, 0.15) is 0 Å². The van der Waals surface area contributed by atoms with E-state index in [1.807, 2.05) is 30.3 Å². The summed E-state index contributed by atoms with van der Waals surface area (Å²) in [6.07, 6.45) is 0. The van der Waals surface area contributed by atoms with Crippen molar-refractivity contribution in [2.45, 2.75) is 11.4 Å². The van der Waals surface area contributed by atoms with Crippen LogP contribution < -0.4 is 19.5 Å². The minimum absolute atomic E-state index is 0.231.